The molecule has 0 bridgehead atoms. The van der Waals surface area contributed by atoms with Crippen LogP contribution in [0.4, 0.5) is 0 Å². The Morgan fingerprint density at radius 1 is 0.923 bits per heavy atom. The Kier molecular flexibility index (Phi) is 5.38. The molecule has 1 N–H and O–H groups in total. The van der Waals surface area contributed by atoms with Crippen LogP contribution >= 0.6 is 11.9 Å². The molecule has 0 atom stereocenters. The second-order valence-corrected chi connectivity index (χ2v) is 5.99. The Bertz CT molecular complexity index is 139. The highest BCUT2D eigenvalue weighted by Gasteiger charge is 2.24. The first-order chi connectivity index (χ1) is 5.89. The molecule has 0 radical (unpaired) electrons. The van der Waals surface area contributed by atoms with E-state index in [0.29, 0.717) is 4.75 Å². The fourth-order valence-electron chi connectivity index (χ4n) is 0.728. The number of nitrogens with one attached hydrogen (secondary N) is 1. The van der Waals surface area contributed by atoms with Crippen molar-refractivity contribution in [1.29, 1.82) is 0 Å². The summed E-state index contributed by atoms with van der Waals surface area (Å²) in [6.07, 6.45) is 3.62. The van der Waals surface area contributed by atoms with Gasteiger partial charge in [0.05, 0.1) is 0 Å². The number of hydrogen-bond acceptors (Lipinski definition) is 2. The van der Waals surface area contributed by atoms with E-state index in [1.54, 1.807) is 0 Å². The van der Waals surface area contributed by atoms with Gasteiger partial charge >= 0.3 is 0 Å². The van der Waals surface area contributed by atoms with Crippen LogP contribution in [-0.2, 0) is 0 Å². The second-order valence-electron chi connectivity index (χ2n) is 4.60. The van der Waals surface area contributed by atoms with Crippen LogP contribution in [0, 0.1) is 0 Å². The lowest BCUT2D eigenvalue weighted by atomic mass is 10.0. The van der Waals surface area contributed by atoms with Crippen molar-refractivity contribution in [3.8, 4) is 0 Å². The van der Waals surface area contributed by atoms with Crippen molar-refractivity contribution < 1.29 is 0 Å². The summed E-state index contributed by atoms with van der Waals surface area (Å²) in [5.74, 6) is 0. The smallest absolute Gasteiger partial charge is 0.0271 e. The van der Waals surface area contributed by atoms with Gasteiger partial charge in [0.1, 0.15) is 0 Å². The summed E-state index contributed by atoms with van der Waals surface area (Å²) in [6.45, 7) is 13.6. The average molecular weight is 203 g/mol. The first-order valence-corrected chi connectivity index (χ1v) is 6.16. The van der Waals surface area contributed by atoms with Crippen molar-refractivity contribution in [2.45, 2.75) is 71.1 Å². The van der Waals surface area contributed by atoms with Gasteiger partial charge in [-0.25, -0.2) is 0 Å². The van der Waals surface area contributed by atoms with Crippen LogP contribution in [0.3, 0.4) is 0 Å². The van der Waals surface area contributed by atoms with Crippen LogP contribution in [0.2, 0.25) is 0 Å². The molecule has 0 rings (SSSR count). The van der Waals surface area contributed by atoms with Crippen molar-refractivity contribution in [3.63, 3.8) is 0 Å². The van der Waals surface area contributed by atoms with Gasteiger partial charge < -0.3 is 0 Å². The Balaban J connectivity index is 3.99. The molecular weight excluding hydrogens is 178 g/mol. The zero-order chi connectivity index (χ0) is 10.5. The quantitative estimate of drug-likeness (QED) is 0.655. The molecule has 0 aliphatic rings. The summed E-state index contributed by atoms with van der Waals surface area (Å²) in [5, 5.41) is 0. The summed E-state index contributed by atoms with van der Waals surface area (Å²) in [4.78, 5) is 0. The van der Waals surface area contributed by atoms with Crippen LogP contribution in [-0.4, -0.2) is 10.3 Å². The van der Waals surface area contributed by atoms with E-state index in [9.17, 15) is 0 Å². The van der Waals surface area contributed by atoms with Gasteiger partial charge in [-0.1, -0.05) is 32.7 Å². The standard InChI is InChI=1S/C11H25NS/c1-7-10(4,5)12-13-11(6,8-2)9-3/h12H,7-9H2,1-6H3. The van der Waals surface area contributed by atoms with Crippen molar-refractivity contribution >= 4 is 11.9 Å². The van der Waals surface area contributed by atoms with Gasteiger partial charge in [-0.15, -0.1) is 0 Å². The average Bonchev–Trinajstić information content (AvgIpc) is 2.14. The fraction of sp³-hybridized carbons (Fsp3) is 1.00. The highest BCUT2D eigenvalue weighted by molar-refractivity contribution is 7.98. The van der Waals surface area contributed by atoms with E-state index in [1.807, 2.05) is 11.9 Å². The molecule has 0 aliphatic heterocycles. The van der Waals surface area contributed by atoms with Crippen LogP contribution in [0.5, 0.6) is 0 Å². The molecule has 13 heavy (non-hydrogen) atoms. The maximum absolute atomic E-state index is 3.57. The Hall–Kier alpha value is 0.310. The van der Waals surface area contributed by atoms with Gasteiger partial charge in [0.15, 0.2) is 0 Å². The van der Waals surface area contributed by atoms with Gasteiger partial charge in [-0.2, -0.15) is 0 Å². The Morgan fingerprint density at radius 3 is 1.69 bits per heavy atom. The zero-order valence-corrected chi connectivity index (χ0v) is 10.8. The third-order valence-electron chi connectivity index (χ3n) is 2.95. The minimum absolute atomic E-state index is 0.260. The molecule has 80 valence electrons. The van der Waals surface area contributed by atoms with Crippen molar-refractivity contribution in [2.75, 3.05) is 0 Å². The lowest BCUT2D eigenvalue weighted by Crippen LogP contribution is -2.37. The first kappa shape index (κ1) is 13.3. The molecule has 0 amide bonds. The van der Waals surface area contributed by atoms with E-state index < -0.39 is 0 Å². The van der Waals surface area contributed by atoms with E-state index in [4.69, 9.17) is 0 Å². The molecule has 2 heteroatoms. The summed E-state index contributed by atoms with van der Waals surface area (Å²) in [7, 11) is 0. The maximum Gasteiger partial charge on any atom is 0.0271 e. The zero-order valence-electron chi connectivity index (χ0n) is 10.0. The van der Waals surface area contributed by atoms with Crippen LogP contribution < -0.4 is 4.72 Å². The van der Waals surface area contributed by atoms with Crippen molar-refractivity contribution in [2.24, 2.45) is 0 Å². The molecule has 1 nitrogen and oxygen atoms in total. The molecule has 0 saturated carbocycles. The van der Waals surface area contributed by atoms with Gasteiger partial charge in [-0.05, 0) is 40.0 Å². The molecule has 0 unspecified atom stereocenters. The third-order valence-corrected chi connectivity index (χ3v) is 4.68. The minimum atomic E-state index is 0.260. The fourth-order valence-corrected chi connectivity index (χ4v) is 1.68. The monoisotopic (exact) mass is 203 g/mol. The Labute approximate surface area is 88.2 Å². The number of hydrogen-bond donors (Lipinski definition) is 1. The lowest BCUT2D eigenvalue weighted by Gasteiger charge is -2.32. The summed E-state index contributed by atoms with van der Waals surface area (Å²) in [5.41, 5.74) is 0.260. The molecule has 0 aromatic rings. The summed E-state index contributed by atoms with van der Waals surface area (Å²) in [6, 6.07) is 0. The number of rotatable bonds is 6. The third kappa shape index (κ3) is 4.92. The van der Waals surface area contributed by atoms with Crippen molar-refractivity contribution in [1.82, 2.24) is 4.72 Å². The predicted octanol–water partition coefficient (Wildman–Crippen LogP) is 3.99. The predicted molar refractivity (Wildman–Crippen MR) is 64.1 cm³/mol. The topological polar surface area (TPSA) is 12.0 Å². The summed E-state index contributed by atoms with van der Waals surface area (Å²) >= 11 is 1.91. The molecule has 0 fully saturated rings. The largest absolute Gasteiger partial charge is 0.258 e. The highest BCUT2D eigenvalue weighted by Crippen LogP contribution is 2.31. The van der Waals surface area contributed by atoms with E-state index >= 15 is 0 Å². The normalized spacial score (nSPS) is 13.4. The van der Waals surface area contributed by atoms with Gasteiger partial charge in [-0.3, -0.25) is 4.72 Å². The summed E-state index contributed by atoms with van der Waals surface area (Å²) < 4.78 is 3.96. The molecule has 0 aromatic heterocycles. The van der Waals surface area contributed by atoms with E-state index in [1.165, 1.54) is 19.3 Å². The molecule has 0 spiro atoms. The second kappa shape index (κ2) is 5.26. The minimum Gasteiger partial charge on any atom is -0.258 e. The molecule has 0 aliphatic carbocycles. The van der Waals surface area contributed by atoms with Crippen LogP contribution in [0.25, 0.3) is 0 Å². The molecule has 0 saturated heterocycles. The van der Waals surface area contributed by atoms with E-state index in [-0.39, 0.29) is 5.54 Å². The van der Waals surface area contributed by atoms with Crippen LogP contribution in [0.1, 0.15) is 60.8 Å². The lowest BCUT2D eigenvalue weighted by molar-refractivity contribution is 0.457. The van der Waals surface area contributed by atoms with Gasteiger partial charge in [0.25, 0.3) is 0 Å². The van der Waals surface area contributed by atoms with Crippen molar-refractivity contribution in [3.05, 3.63) is 0 Å². The van der Waals surface area contributed by atoms with E-state index in [0.717, 1.165) is 0 Å². The first-order valence-electron chi connectivity index (χ1n) is 5.34. The Morgan fingerprint density at radius 2 is 1.38 bits per heavy atom. The molecule has 0 heterocycles. The van der Waals surface area contributed by atoms with E-state index in [2.05, 4.69) is 46.3 Å². The SMILES string of the molecule is CCC(C)(C)NSC(C)(CC)CC. The van der Waals surface area contributed by atoms with Crippen LogP contribution in [0.15, 0.2) is 0 Å². The van der Waals surface area contributed by atoms with Gasteiger partial charge in [0.2, 0.25) is 0 Å². The molecular formula is C11H25NS. The van der Waals surface area contributed by atoms with Gasteiger partial charge in [0, 0.05) is 10.3 Å². The molecule has 0 aromatic carbocycles. The maximum atomic E-state index is 3.57. The highest BCUT2D eigenvalue weighted by atomic mass is 32.2.